The highest BCUT2D eigenvalue weighted by atomic mass is 35.5. The van der Waals surface area contributed by atoms with Gasteiger partial charge >= 0.3 is 0 Å². The van der Waals surface area contributed by atoms with Crippen molar-refractivity contribution in [3.8, 4) is 0 Å². The topological polar surface area (TPSA) is 48.4 Å². The zero-order chi connectivity index (χ0) is 8.97. The summed E-state index contributed by atoms with van der Waals surface area (Å²) in [7, 11) is 1.63. The number of methoxy groups -OCH3 is 1. The predicted molar refractivity (Wildman–Crippen MR) is 47.4 cm³/mol. The van der Waals surface area contributed by atoms with Crippen molar-refractivity contribution in [3.05, 3.63) is 23.1 Å². The average Bonchev–Trinajstić information content (AvgIpc) is 2.47. The van der Waals surface area contributed by atoms with E-state index in [0.29, 0.717) is 18.4 Å². The van der Waals surface area contributed by atoms with Gasteiger partial charge in [0.2, 0.25) is 0 Å². The minimum absolute atomic E-state index is 0.0995. The van der Waals surface area contributed by atoms with Crippen molar-refractivity contribution >= 4 is 11.6 Å². The van der Waals surface area contributed by atoms with E-state index in [4.69, 9.17) is 26.5 Å². The number of halogens is 1. The largest absolute Gasteiger partial charge is 0.449 e. The maximum atomic E-state index is 5.61. The normalized spacial score (nSPS) is 13.2. The SMILES string of the molecule is COCC(CN)c1ccc(Cl)o1. The van der Waals surface area contributed by atoms with Crippen LogP contribution in [0.4, 0.5) is 0 Å². The summed E-state index contributed by atoms with van der Waals surface area (Å²) in [5, 5.41) is 0.388. The Bertz CT molecular complexity index is 237. The third kappa shape index (κ3) is 2.24. The van der Waals surface area contributed by atoms with Crippen molar-refractivity contribution in [2.24, 2.45) is 5.73 Å². The Morgan fingerprint density at radius 2 is 2.42 bits per heavy atom. The molecule has 12 heavy (non-hydrogen) atoms. The fourth-order valence-electron chi connectivity index (χ4n) is 1.02. The second-order valence-corrected chi connectivity index (χ2v) is 2.90. The molecule has 2 N–H and O–H groups in total. The first kappa shape index (κ1) is 9.58. The minimum atomic E-state index is 0.0995. The molecular formula is C8H12ClNO2. The molecule has 1 rings (SSSR count). The zero-order valence-electron chi connectivity index (χ0n) is 6.92. The minimum Gasteiger partial charge on any atom is -0.449 e. The van der Waals surface area contributed by atoms with Gasteiger partial charge in [-0.25, -0.2) is 0 Å². The highest BCUT2D eigenvalue weighted by molar-refractivity contribution is 6.28. The molecule has 0 fully saturated rings. The summed E-state index contributed by atoms with van der Waals surface area (Å²) in [4.78, 5) is 0. The molecule has 0 amide bonds. The van der Waals surface area contributed by atoms with Gasteiger partial charge in [0.15, 0.2) is 5.22 Å². The third-order valence-corrected chi connectivity index (χ3v) is 1.85. The van der Waals surface area contributed by atoms with Crippen molar-refractivity contribution in [3.63, 3.8) is 0 Å². The molecule has 0 saturated heterocycles. The van der Waals surface area contributed by atoms with Crippen molar-refractivity contribution in [2.45, 2.75) is 5.92 Å². The van der Waals surface area contributed by atoms with E-state index >= 15 is 0 Å². The molecule has 1 heterocycles. The van der Waals surface area contributed by atoms with Crippen LogP contribution in [0.5, 0.6) is 0 Å². The fourth-order valence-corrected chi connectivity index (χ4v) is 1.17. The monoisotopic (exact) mass is 189 g/mol. The summed E-state index contributed by atoms with van der Waals surface area (Å²) in [6, 6.07) is 3.52. The molecule has 1 atom stereocenters. The third-order valence-electron chi connectivity index (χ3n) is 1.65. The Balaban J connectivity index is 2.66. The van der Waals surface area contributed by atoms with Gasteiger partial charge in [0.1, 0.15) is 5.76 Å². The highest BCUT2D eigenvalue weighted by Gasteiger charge is 2.12. The van der Waals surface area contributed by atoms with E-state index in [1.807, 2.05) is 6.07 Å². The maximum Gasteiger partial charge on any atom is 0.193 e. The number of hydrogen-bond acceptors (Lipinski definition) is 3. The van der Waals surface area contributed by atoms with Crippen molar-refractivity contribution in [1.29, 1.82) is 0 Å². The van der Waals surface area contributed by atoms with E-state index in [1.165, 1.54) is 0 Å². The van der Waals surface area contributed by atoms with Gasteiger partial charge in [0, 0.05) is 13.7 Å². The Hall–Kier alpha value is -0.510. The number of rotatable bonds is 4. The molecule has 0 saturated carbocycles. The van der Waals surface area contributed by atoms with Gasteiger partial charge in [-0.1, -0.05) is 0 Å². The van der Waals surface area contributed by atoms with Crippen LogP contribution in [0.15, 0.2) is 16.5 Å². The fraction of sp³-hybridized carbons (Fsp3) is 0.500. The van der Waals surface area contributed by atoms with Crippen molar-refractivity contribution in [2.75, 3.05) is 20.3 Å². The van der Waals surface area contributed by atoms with E-state index in [2.05, 4.69) is 0 Å². The zero-order valence-corrected chi connectivity index (χ0v) is 7.67. The lowest BCUT2D eigenvalue weighted by Crippen LogP contribution is -2.16. The van der Waals surface area contributed by atoms with Gasteiger partial charge in [0.05, 0.1) is 12.5 Å². The quantitative estimate of drug-likeness (QED) is 0.783. The molecule has 68 valence electrons. The molecule has 0 aliphatic carbocycles. The molecule has 0 aliphatic rings. The lowest BCUT2D eigenvalue weighted by molar-refractivity contribution is 0.173. The van der Waals surface area contributed by atoms with Crippen LogP contribution < -0.4 is 5.73 Å². The number of hydrogen-bond donors (Lipinski definition) is 1. The van der Waals surface area contributed by atoms with E-state index in [-0.39, 0.29) is 5.92 Å². The smallest absolute Gasteiger partial charge is 0.193 e. The molecule has 1 aromatic heterocycles. The van der Waals surface area contributed by atoms with Gasteiger partial charge in [-0.2, -0.15) is 0 Å². The Labute approximate surface area is 76.4 Å². The second kappa shape index (κ2) is 4.50. The number of nitrogens with two attached hydrogens (primary N) is 1. The standard InChI is InChI=1S/C8H12ClNO2/c1-11-5-6(4-10)7-2-3-8(9)12-7/h2-3,6H,4-5,10H2,1H3. The first-order valence-electron chi connectivity index (χ1n) is 3.72. The predicted octanol–water partition coefficient (Wildman–Crippen LogP) is 1.62. The Morgan fingerprint density at radius 3 is 2.83 bits per heavy atom. The Kier molecular flexibility index (Phi) is 3.59. The summed E-state index contributed by atoms with van der Waals surface area (Å²) in [6.07, 6.45) is 0. The summed E-state index contributed by atoms with van der Waals surface area (Å²) in [6.45, 7) is 1.05. The summed E-state index contributed by atoms with van der Waals surface area (Å²) in [5.74, 6) is 0.881. The Morgan fingerprint density at radius 1 is 1.67 bits per heavy atom. The molecule has 0 aliphatic heterocycles. The van der Waals surface area contributed by atoms with Crippen LogP contribution in [0.25, 0.3) is 0 Å². The molecule has 0 spiro atoms. The first-order chi connectivity index (χ1) is 5.77. The number of furan rings is 1. The van der Waals surface area contributed by atoms with Crippen LogP contribution in [0.2, 0.25) is 5.22 Å². The molecule has 0 aromatic carbocycles. The summed E-state index contributed by atoms with van der Waals surface area (Å²) in [5.41, 5.74) is 5.52. The van der Waals surface area contributed by atoms with Gasteiger partial charge < -0.3 is 14.9 Å². The van der Waals surface area contributed by atoms with Crippen LogP contribution in [-0.2, 0) is 4.74 Å². The lowest BCUT2D eigenvalue weighted by atomic mass is 10.1. The molecule has 1 unspecified atom stereocenters. The number of ether oxygens (including phenoxy) is 1. The summed E-state index contributed by atoms with van der Waals surface area (Å²) < 4.78 is 10.2. The first-order valence-corrected chi connectivity index (χ1v) is 4.10. The van der Waals surface area contributed by atoms with E-state index in [1.54, 1.807) is 13.2 Å². The van der Waals surface area contributed by atoms with Gasteiger partial charge in [-0.3, -0.25) is 0 Å². The van der Waals surface area contributed by atoms with E-state index in [0.717, 1.165) is 5.76 Å². The van der Waals surface area contributed by atoms with Gasteiger partial charge in [-0.05, 0) is 23.7 Å². The van der Waals surface area contributed by atoms with E-state index in [9.17, 15) is 0 Å². The van der Waals surface area contributed by atoms with Crippen LogP contribution in [0.1, 0.15) is 11.7 Å². The van der Waals surface area contributed by atoms with Crippen LogP contribution in [0.3, 0.4) is 0 Å². The summed E-state index contributed by atoms with van der Waals surface area (Å²) >= 11 is 5.61. The lowest BCUT2D eigenvalue weighted by Gasteiger charge is -2.09. The molecule has 3 nitrogen and oxygen atoms in total. The highest BCUT2D eigenvalue weighted by Crippen LogP contribution is 2.20. The van der Waals surface area contributed by atoms with Crippen molar-refractivity contribution in [1.82, 2.24) is 0 Å². The van der Waals surface area contributed by atoms with Gasteiger partial charge in [0.25, 0.3) is 0 Å². The molecule has 0 radical (unpaired) electrons. The molecule has 4 heteroatoms. The maximum absolute atomic E-state index is 5.61. The van der Waals surface area contributed by atoms with Crippen LogP contribution in [-0.4, -0.2) is 20.3 Å². The van der Waals surface area contributed by atoms with Gasteiger partial charge in [-0.15, -0.1) is 0 Å². The molecular weight excluding hydrogens is 178 g/mol. The van der Waals surface area contributed by atoms with Crippen molar-refractivity contribution < 1.29 is 9.15 Å². The molecule has 1 aromatic rings. The second-order valence-electron chi connectivity index (χ2n) is 2.53. The molecule has 0 bridgehead atoms. The van der Waals surface area contributed by atoms with Crippen LogP contribution in [0, 0.1) is 0 Å². The van der Waals surface area contributed by atoms with Crippen LogP contribution >= 0.6 is 11.6 Å². The average molecular weight is 190 g/mol. The van der Waals surface area contributed by atoms with E-state index < -0.39 is 0 Å².